The lowest BCUT2D eigenvalue weighted by Gasteiger charge is -2.10. The van der Waals surface area contributed by atoms with Gasteiger partial charge in [0.2, 0.25) is 0 Å². The molecule has 0 radical (unpaired) electrons. The number of pyridine rings is 1. The standard InChI is InChI=1S/C16H17NO3/c1-3-12-5-4-11(2)14(8-12)13-6-7-15(18)17(9-13)10-16(19)20/h4-9H,3,10H2,1-2H3,(H,19,20). The molecule has 0 unspecified atom stereocenters. The van der Waals surface area contributed by atoms with Gasteiger partial charge in [0.25, 0.3) is 5.56 Å². The Kier molecular flexibility index (Phi) is 4.03. The maximum atomic E-state index is 11.6. The van der Waals surface area contributed by atoms with Crippen LogP contribution >= 0.6 is 0 Å². The Labute approximate surface area is 117 Å². The molecule has 0 aliphatic rings. The van der Waals surface area contributed by atoms with Crippen molar-refractivity contribution in [1.82, 2.24) is 4.57 Å². The largest absolute Gasteiger partial charge is 0.480 e. The molecule has 0 aliphatic carbocycles. The molecule has 1 heterocycles. The van der Waals surface area contributed by atoms with Crippen molar-refractivity contribution in [2.24, 2.45) is 0 Å². The molecule has 0 saturated carbocycles. The molecule has 0 fully saturated rings. The topological polar surface area (TPSA) is 59.3 Å². The summed E-state index contributed by atoms with van der Waals surface area (Å²) >= 11 is 0. The maximum Gasteiger partial charge on any atom is 0.323 e. The summed E-state index contributed by atoms with van der Waals surface area (Å²) < 4.78 is 1.22. The number of carbonyl (C=O) groups is 1. The van der Waals surface area contributed by atoms with Crippen LogP contribution in [0.25, 0.3) is 11.1 Å². The highest BCUT2D eigenvalue weighted by Gasteiger charge is 2.07. The normalized spacial score (nSPS) is 10.5. The lowest BCUT2D eigenvalue weighted by molar-refractivity contribution is -0.137. The Bertz CT molecular complexity index is 701. The highest BCUT2D eigenvalue weighted by Crippen LogP contribution is 2.24. The van der Waals surface area contributed by atoms with E-state index in [0.29, 0.717) is 0 Å². The summed E-state index contributed by atoms with van der Waals surface area (Å²) in [6, 6.07) is 9.35. The molecule has 20 heavy (non-hydrogen) atoms. The third kappa shape index (κ3) is 2.96. The minimum Gasteiger partial charge on any atom is -0.480 e. The average molecular weight is 271 g/mol. The van der Waals surface area contributed by atoms with E-state index in [-0.39, 0.29) is 12.1 Å². The van der Waals surface area contributed by atoms with E-state index < -0.39 is 5.97 Å². The van der Waals surface area contributed by atoms with E-state index in [0.717, 1.165) is 23.1 Å². The zero-order chi connectivity index (χ0) is 14.7. The van der Waals surface area contributed by atoms with Crippen molar-refractivity contribution in [3.05, 3.63) is 58.0 Å². The number of benzene rings is 1. The van der Waals surface area contributed by atoms with E-state index in [1.54, 1.807) is 12.3 Å². The molecule has 4 nitrogen and oxygen atoms in total. The Morgan fingerprint density at radius 1 is 1.25 bits per heavy atom. The molecular formula is C16H17NO3. The van der Waals surface area contributed by atoms with Crippen LogP contribution in [-0.2, 0) is 17.8 Å². The van der Waals surface area contributed by atoms with Crippen molar-refractivity contribution < 1.29 is 9.90 Å². The maximum absolute atomic E-state index is 11.6. The molecule has 1 N–H and O–H groups in total. The van der Waals surface area contributed by atoms with E-state index in [1.165, 1.54) is 16.2 Å². The fraction of sp³-hybridized carbons (Fsp3) is 0.250. The predicted molar refractivity (Wildman–Crippen MR) is 77.9 cm³/mol. The number of carboxylic acid groups (broad SMARTS) is 1. The molecule has 0 spiro atoms. The van der Waals surface area contributed by atoms with Crippen LogP contribution in [0.3, 0.4) is 0 Å². The number of aliphatic carboxylic acids is 1. The molecule has 104 valence electrons. The second-order valence-corrected chi connectivity index (χ2v) is 4.78. The lowest BCUT2D eigenvalue weighted by atomic mass is 9.98. The van der Waals surface area contributed by atoms with Gasteiger partial charge in [0.15, 0.2) is 0 Å². The quantitative estimate of drug-likeness (QED) is 0.929. The molecule has 0 aliphatic heterocycles. The lowest BCUT2D eigenvalue weighted by Crippen LogP contribution is -2.22. The van der Waals surface area contributed by atoms with Crippen molar-refractivity contribution in [2.45, 2.75) is 26.8 Å². The third-order valence-corrected chi connectivity index (χ3v) is 3.31. The van der Waals surface area contributed by atoms with Gasteiger partial charge in [-0.2, -0.15) is 0 Å². The number of carboxylic acids is 1. The Morgan fingerprint density at radius 2 is 2.00 bits per heavy atom. The monoisotopic (exact) mass is 271 g/mol. The fourth-order valence-corrected chi connectivity index (χ4v) is 2.16. The minimum atomic E-state index is -1.02. The van der Waals surface area contributed by atoms with E-state index in [2.05, 4.69) is 19.1 Å². The fourth-order valence-electron chi connectivity index (χ4n) is 2.16. The molecule has 0 amide bonds. The average Bonchev–Trinajstić information content (AvgIpc) is 2.41. The van der Waals surface area contributed by atoms with Gasteiger partial charge in [-0.25, -0.2) is 0 Å². The molecular weight excluding hydrogens is 254 g/mol. The number of hydrogen-bond donors (Lipinski definition) is 1. The minimum absolute atomic E-state index is 0.305. The van der Waals surface area contributed by atoms with Gasteiger partial charge in [0.05, 0.1) is 0 Å². The summed E-state index contributed by atoms with van der Waals surface area (Å²) in [5.41, 5.74) is 3.90. The molecule has 2 rings (SSSR count). The van der Waals surface area contributed by atoms with Gasteiger partial charge < -0.3 is 9.67 Å². The molecule has 0 bridgehead atoms. The second kappa shape index (κ2) is 5.74. The molecule has 4 heteroatoms. The molecule has 0 saturated heterocycles. The highest BCUT2D eigenvalue weighted by molar-refractivity contribution is 5.69. The first-order valence-electron chi connectivity index (χ1n) is 6.53. The van der Waals surface area contributed by atoms with Crippen LogP contribution in [0.2, 0.25) is 0 Å². The summed E-state index contributed by atoms with van der Waals surface area (Å²) in [6.45, 7) is 3.76. The summed E-state index contributed by atoms with van der Waals surface area (Å²) in [6.07, 6.45) is 2.54. The molecule has 2 aromatic rings. The van der Waals surface area contributed by atoms with Crippen LogP contribution in [0.1, 0.15) is 18.1 Å². The van der Waals surface area contributed by atoms with E-state index >= 15 is 0 Å². The number of nitrogens with zero attached hydrogens (tertiary/aromatic N) is 1. The number of aryl methyl sites for hydroxylation is 2. The van der Waals surface area contributed by atoms with E-state index in [1.807, 2.05) is 13.0 Å². The van der Waals surface area contributed by atoms with Gasteiger partial charge in [-0.1, -0.05) is 25.1 Å². The van der Waals surface area contributed by atoms with Crippen molar-refractivity contribution in [1.29, 1.82) is 0 Å². The zero-order valence-corrected chi connectivity index (χ0v) is 11.6. The first kappa shape index (κ1) is 14.1. The van der Waals surface area contributed by atoms with Crippen LogP contribution in [0, 0.1) is 6.92 Å². The predicted octanol–water partition coefficient (Wildman–Crippen LogP) is 2.47. The SMILES string of the molecule is CCc1ccc(C)c(-c2ccc(=O)n(CC(=O)O)c2)c1. The summed E-state index contributed by atoms with van der Waals surface area (Å²) in [5.74, 6) is -1.02. The summed E-state index contributed by atoms with van der Waals surface area (Å²) in [5, 5.41) is 8.83. The summed E-state index contributed by atoms with van der Waals surface area (Å²) in [7, 11) is 0. The Hall–Kier alpha value is -2.36. The summed E-state index contributed by atoms with van der Waals surface area (Å²) in [4.78, 5) is 22.4. The first-order chi connectivity index (χ1) is 9.51. The van der Waals surface area contributed by atoms with Gasteiger partial charge in [-0.3, -0.25) is 9.59 Å². The van der Waals surface area contributed by atoms with E-state index in [4.69, 9.17) is 5.11 Å². The number of aromatic nitrogens is 1. The van der Waals surface area contributed by atoms with Crippen molar-refractivity contribution >= 4 is 5.97 Å². The van der Waals surface area contributed by atoms with Gasteiger partial charge in [-0.15, -0.1) is 0 Å². The van der Waals surface area contributed by atoms with Crippen molar-refractivity contribution in [3.63, 3.8) is 0 Å². The Morgan fingerprint density at radius 3 is 2.65 bits per heavy atom. The van der Waals surface area contributed by atoms with Crippen LogP contribution in [0.5, 0.6) is 0 Å². The van der Waals surface area contributed by atoms with Gasteiger partial charge in [0.1, 0.15) is 6.54 Å². The smallest absolute Gasteiger partial charge is 0.323 e. The first-order valence-corrected chi connectivity index (χ1v) is 6.53. The van der Waals surface area contributed by atoms with Crippen LogP contribution < -0.4 is 5.56 Å². The van der Waals surface area contributed by atoms with Gasteiger partial charge in [-0.05, 0) is 41.7 Å². The highest BCUT2D eigenvalue weighted by atomic mass is 16.4. The van der Waals surface area contributed by atoms with Crippen molar-refractivity contribution in [3.8, 4) is 11.1 Å². The van der Waals surface area contributed by atoms with Crippen LogP contribution in [-0.4, -0.2) is 15.6 Å². The van der Waals surface area contributed by atoms with Crippen LogP contribution in [0.15, 0.2) is 41.3 Å². The molecule has 1 aromatic heterocycles. The third-order valence-electron chi connectivity index (χ3n) is 3.31. The Balaban J connectivity index is 2.53. The molecule has 0 atom stereocenters. The van der Waals surface area contributed by atoms with Gasteiger partial charge in [0, 0.05) is 12.3 Å². The second-order valence-electron chi connectivity index (χ2n) is 4.78. The van der Waals surface area contributed by atoms with Crippen molar-refractivity contribution in [2.75, 3.05) is 0 Å². The van der Waals surface area contributed by atoms with E-state index in [9.17, 15) is 9.59 Å². The number of rotatable bonds is 4. The molecule has 1 aromatic carbocycles. The number of hydrogen-bond acceptors (Lipinski definition) is 2. The van der Waals surface area contributed by atoms with Gasteiger partial charge >= 0.3 is 5.97 Å². The zero-order valence-electron chi connectivity index (χ0n) is 11.6. The van der Waals surface area contributed by atoms with Crippen LogP contribution in [0.4, 0.5) is 0 Å².